The maximum absolute atomic E-state index is 12.1. The summed E-state index contributed by atoms with van der Waals surface area (Å²) >= 11 is 5.96. The predicted molar refractivity (Wildman–Crippen MR) is 81.1 cm³/mol. The molecule has 114 valence electrons. The molecule has 7 heteroatoms. The number of anilines is 1. The summed E-state index contributed by atoms with van der Waals surface area (Å²) in [5, 5.41) is 11.8. The molecule has 0 atom stereocenters. The first kappa shape index (κ1) is 17.0. The second-order valence-corrected chi connectivity index (χ2v) is 4.56. The van der Waals surface area contributed by atoms with E-state index in [2.05, 4.69) is 11.9 Å². The summed E-state index contributed by atoms with van der Waals surface area (Å²) in [6, 6.07) is 3.70. The molecule has 21 heavy (non-hydrogen) atoms. The number of carboxylic acids is 1. The standard InChI is InChI=1S/C14H17ClN2O4/c1-3-6-17(7-8-21-2)14(20)16-12-9-10(13(18)19)4-5-11(12)15/h3-5,9H,1,6-8H2,2H3,(H,16,20)(H,18,19). The zero-order chi connectivity index (χ0) is 15.8. The normalized spacial score (nSPS) is 10.0. The quantitative estimate of drug-likeness (QED) is 0.759. The Bertz CT molecular complexity index is 534. The predicted octanol–water partition coefficient (Wildman–Crippen LogP) is 2.70. The molecule has 0 saturated heterocycles. The summed E-state index contributed by atoms with van der Waals surface area (Å²) in [5.41, 5.74) is 0.287. The Kier molecular flexibility index (Phi) is 6.71. The third-order valence-electron chi connectivity index (χ3n) is 2.66. The molecule has 0 saturated carbocycles. The second-order valence-electron chi connectivity index (χ2n) is 4.16. The summed E-state index contributed by atoms with van der Waals surface area (Å²) in [4.78, 5) is 24.6. The van der Waals surface area contributed by atoms with E-state index in [0.29, 0.717) is 19.7 Å². The molecule has 0 fully saturated rings. The molecule has 1 aromatic carbocycles. The molecular formula is C14H17ClN2O4. The van der Waals surface area contributed by atoms with Gasteiger partial charge in [0.2, 0.25) is 0 Å². The summed E-state index contributed by atoms with van der Waals surface area (Å²) in [7, 11) is 1.54. The summed E-state index contributed by atoms with van der Waals surface area (Å²) in [6.45, 7) is 4.68. The van der Waals surface area contributed by atoms with Crippen molar-refractivity contribution in [1.82, 2.24) is 4.90 Å². The first-order valence-corrected chi connectivity index (χ1v) is 6.56. The van der Waals surface area contributed by atoms with Gasteiger partial charge < -0.3 is 20.1 Å². The number of hydrogen-bond donors (Lipinski definition) is 2. The highest BCUT2D eigenvalue weighted by Crippen LogP contribution is 2.23. The minimum absolute atomic E-state index is 0.0434. The fraction of sp³-hybridized carbons (Fsp3) is 0.286. The highest BCUT2D eigenvalue weighted by molar-refractivity contribution is 6.33. The maximum Gasteiger partial charge on any atom is 0.335 e. The van der Waals surface area contributed by atoms with Crippen molar-refractivity contribution >= 4 is 29.3 Å². The Morgan fingerprint density at radius 1 is 1.52 bits per heavy atom. The number of hydrogen-bond acceptors (Lipinski definition) is 3. The Morgan fingerprint density at radius 2 is 2.24 bits per heavy atom. The van der Waals surface area contributed by atoms with Crippen molar-refractivity contribution in [1.29, 1.82) is 0 Å². The monoisotopic (exact) mass is 312 g/mol. The van der Waals surface area contributed by atoms with Crippen molar-refractivity contribution < 1.29 is 19.4 Å². The van der Waals surface area contributed by atoms with Crippen LogP contribution in [0.1, 0.15) is 10.4 Å². The lowest BCUT2D eigenvalue weighted by Gasteiger charge is -2.21. The lowest BCUT2D eigenvalue weighted by Crippen LogP contribution is -2.37. The number of carbonyl (C=O) groups is 2. The molecule has 0 heterocycles. The molecule has 6 nitrogen and oxygen atoms in total. The molecule has 0 bridgehead atoms. The van der Waals surface area contributed by atoms with Crippen LogP contribution in [0.5, 0.6) is 0 Å². The van der Waals surface area contributed by atoms with Crippen LogP contribution in [0.2, 0.25) is 5.02 Å². The number of rotatable bonds is 7. The number of ether oxygens (including phenoxy) is 1. The number of nitrogens with zero attached hydrogens (tertiary/aromatic N) is 1. The SMILES string of the molecule is C=CCN(CCOC)C(=O)Nc1cc(C(=O)O)ccc1Cl. The van der Waals surface area contributed by atoms with Crippen LogP contribution in [0, 0.1) is 0 Å². The van der Waals surface area contributed by atoms with Crippen LogP contribution in [0.3, 0.4) is 0 Å². The van der Waals surface area contributed by atoms with Crippen LogP contribution in [-0.2, 0) is 4.74 Å². The average Bonchev–Trinajstić information content (AvgIpc) is 2.45. The molecule has 1 aromatic rings. The smallest absolute Gasteiger partial charge is 0.335 e. The van der Waals surface area contributed by atoms with E-state index in [1.165, 1.54) is 30.2 Å². The van der Waals surface area contributed by atoms with Crippen LogP contribution in [-0.4, -0.2) is 48.8 Å². The minimum atomic E-state index is -1.09. The van der Waals surface area contributed by atoms with E-state index in [1.54, 1.807) is 6.08 Å². The fourth-order valence-electron chi connectivity index (χ4n) is 1.58. The summed E-state index contributed by atoms with van der Waals surface area (Å²) in [5.74, 6) is -1.09. The number of urea groups is 1. The van der Waals surface area contributed by atoms with Gasteiger partial charge in [0.1, 0.15) is 0 Å². The van der Waals surface area contributed by atoms with Crippen molar-refractivity contribution in [3.05, 3.63) is 41.4 Å². The van der Waals surface area contributed by atoms with E-state index >= 15 is 0 Å². The fourth-order valence-corrected chi connectivity index (χ4v) is 1.75. The van der Waals surface area contributed by atoms with E-state index in [1.807, 2.05) is 0 Å². The Labute approximate surface area is 128 Å². The van der Waals surface area contributed by atoms with Crippen LogP contribution < -0.4 is 5.32 Å². The van der Waals surface area contributed by atoms with E-state index in [-0.39, 0.29) is 16.3 Å². The van der Waals surface area contributed by atoms with Gasteiger partial charge in [-0.1, -0.05) is 17.7 Å². The van der Waals surface area contributed by atoms with E-state index in [4.69, 9.17) is 21.4 Å². The van der Waals surface area contributed by atoms with Gasteiger partial charge in [-0.3, -0.25) is 0 Å². The molecule has 0 spiro atoms. The third-order valence-corrected chi connectivity index (χ3v) is 2.99. The second kappa shape index (κ2) is 8.28. The lowest BCUT2D eigenvalue weighted by atomic mass is 10.2. The Hall–Kier alpha value is -2.05. The van der Waals surface area contributed by atoms with Gasteiger partial charge in [0.05, 0.1) is 22.9 Å². The molecule has 1 rings (SSSR count). The minimum Gasteiger partial charge on any atom is -0.478 e. The molecular weight excluding hydrogens is 296 g/mol. The molecule has 0 aliphatic carbocycles. The van der Waals surface area contributed by atoms with Crippen LogP contribution in [0.4, 0.5) is 10.5 Å². The molecule has 0 radical (unpaired) electrons. The zero-order valence-corrected chi connectivity index (χ0v) is 12.4. The number of amides is 2. The number of nitrogens with one attached hydrogen (secondary N) is 1. The van der Waals surface area contributed by atoms with E-state index in [0.717, 1.165) is 0 Å². The highest BCUT2D eigenvalue weighted by atomic mass is 35.5. The third kappa shape index (κ3) is 5.09. The van der Waals surface area contributed by atoms with Crippen molar-refractivity contribution in [2.75, 3.05) is 32.1 Å². The number of halogens is 1. The van der Waals surface area contributed by atoms with Crippen molar-refractivity contribution in [2.24, 2.45) is 0 Å². The van der Waals surface area contributed by atoms with Crippen molar-refractivity contribution in [2.45, 2.75) is 0 Å². The first-order chi connectivity index (χ1) is 9.99. The van der Waals surface area contributed by atoms with Gasteiger partial charge in [0.15, 0.2) is 0 Å². The van der Waals surface area contributed by atoms with Gasteiger partial charge in [-0.25, -0.2) is 9.59 Å². The summed E-state index contributed by atoms with van der Waals surface area (Å²) < 4.78 is 4.93. The van der Waals surface area contributed by atoms with Gasteiger partial charge in [-0.05, 0) is 18.2 Å². The number of methoxy groups -OCH3 is 1. The van der Waals surface area contributed by atoms with Crippen molar-refractivity contribution in [3.8, 4) is 0 Å². The van der Waals surface area contributed by atoms with E-state index in [9.17, 15) is 9.59 Å². The number of aromatic carboxylic acids is 1. The van der Waals surface area contributed by atoms with E-state index < -0.39 is 12.0 Å². The molecule has 2 N–H and O–H groups in total. The van der Waals surface area contributed by atoms with Gasteiger partial charge in [-0.15, -0.1) is 6.58 Å². The molecule has 0 aliphatic rings. The first-order valence-electron chi connectivity index (χ1n) is 6.18. The average molecular weight is 313 g/mol. The van der Waals surface area contributed by atoms with Gasteiger partial charge in [0, 0.05) is 20.2 Å². The van der Waals surface area contributed by atoms with Crippen LogP contribution in [0.25, 0.3) is 0 Å². The highest BCUT2D eigenvalue weighted by Gasteiger charge is 2.15. The Balaban J connectivity index is 2.86. The number of benzene rings is 1. The topological polar surface area (TPSA) is 78.9 Å². The molecule has 0 unspecified atom stereocenters. The maximum atomic E-state index is 12.1. The zero-order valence-electron chi connectivity index (χ0n) is 11.6. The van der Waals surface area contributed by atoms with Gasteiger partial charge in [0.25, 0.3) is 0 Å². The van der Waals surface area contributed by atoms with Crippen molar-refractivity contribution in [3.63, 3.8) is 0 Å². The summed E-state index contributed by atoms with van der Waals surface area (Å²) in [6.07, 6.45) is 1.59. The largest absolute Gasteiger partial charge is 0.478 e. The van der Waals surface area contributed by atoms with Gasteiger partial charge >= 0.3 is 12.0 Å². The Morgan fingerprint density at radius 3 is 2.81 bits per heavy atom. The number of carbonyl (C=O) groups excluding carboxylic acids is 1. The number of carboxylic acid groups (broad SMARTS) is 1. The molecule has 0 aliphatic heterocycles. The van der Waals surface area contributed by atoms with Crippen LogP contribution in [0.15, 0.2) is 30.9 Å². The lowest BCUT2D eigenvalue weighted by molar-refractivity contribution is 0.0697. The van der Waals surface area contributed by atoms with Crippen LogP contribution >= 0.6 is 11.6 Å². The molecule has 0 aromatic heterocycles. The molecule has 2 amide bonds. The van der Waals surface area contributed by atoms with Gasteiger partial charge in [-0.2, -0.15) is 0 Å².